The van der Waals surface area contributed by atoms with Crippen molar-refractivity contribution < 1.29 is 9.15 Å². The van der Waals surface area contributed by atoms with Crippen LogP contribution in [0.3, 0.4) is 0 Å². The van der Waals surface area contributed by atoms with Gasteiger partial charge in [0.25, 0.3) is 0 Å². The largest absolute Gasteiger partial charge is 0.482 e. The summed E-state index contributed by atoms with van der Waals surface area (Å²) >= 11 is 0. The lowest BCUT2D eigenvalue weighted by Gasteiger charge is -2.03. The van der Waals surface area contributed by atoms with E-state index in [0.717, 1.165) is 36.8 Å². The van der Waals surface area contributed by atoms with E-state index < -0.39 is 0 Å². The van der Waals surface area contributed by atoms with E-state index >= 15 is 0 Å². The van der Waals surface area contributed by atoms with Crippen molar-refractivity contribution in [2.75, 3.05) is 6.54 Å². The number of nitrogens with one attached hydrogen (secondary N) is 1. The molecule has 116 valence electrons. The van der Waals surface area contributed by atoms with Gasteiger partial charge in [-0.15, -0.1) is 0 Å². The summed E-state index contributed by atoms with van der Waals surface area (Å²) in [5.74, 6) is 2.57. The Bertz CT molecular complexity index is 558. The molecule has 2 rings (SSSR count). The SMILES string of the molecule is CCCNCc1cc(COc2cnn(C(C)C)c2)oc1C. The number of nitrogens with zero attached hydrogens (tertiary/aromatic N) is 2. The van der Waals surface area contributed by atoms with Crippen molar-refractivity contribution in [3.8, 4) is 5.75 Å². The van der Waals surface area contributed by atoms with Gasteiger partial charge in [-0.25, -0.2) is 0 Å². The number of aromatic nitrogens is 2. The molecule has 0 bridgehead atoms. The van der Waals surface area contributed by atoms with Crippen molar-refractivity contribution in [3.63, 3.8) is 0 Å². The summed E-state index contributed by atoms with van der Waals surface area (Å²) < 4.78 is 13.3. The third-order valence-electron chi connectivity index (χ3n) is 3.30. The second-order valence-electron chi connectivity index (χ2n) is 5.51. The first-order valence-corrected chi connectivity index (χ1v) is 7.56. The first kappa shape index (κ1) is 15.6. The summed E-state index contributed by atoms with van der Waals surface area (Å²) in [6.45, 7) is 10.6. The monoisotopic (exact) mass is 291 g/mol. The summed E-state index contributed by atoms with van der Waals surface area (Å²) in [4.78, 5) is 0. The Morgan fingerprint density at radius 1 is 1.43 bits per heavy atom. The van der Waals surface area contributed by atoms with E-state index in [1.54, 1.807) is 6.20 Å². The molecule has 0 aliphatic carbocycles. The topological polar surface area (TPSA) is 52.2 Å². The lowest BCUT2D eigenvalue weighted by Crippen LogP contribution is -2.13. The fraction of sp³-hybridized carbons (Fsp3) is 0.562. The van der Waals surface area contributed by atoms with Crippen molar-refractivity contribution in [1.82, 2.24) is 15.1 Å². The van der Waals surface area contributed by atoms with Gasteiger partial charge in [0.05, 0.1) is 12.4 Å². The average molecular weight is 291 g/mol. The normalized spacial score (nSPS) is 11.3. The summed E-state index contributed by atoms with van der Waals surface area (Å²) in [6.07, 6.45) is 4.77. The van der Waals surface area contributed by atoms with Gasteiger partial charge in [-0.05, 0) is 39.8 Å². The fourth-order valence-electron chi connectivity index (χ4n) is 2.07. The van der Waals surface area contributed by atoms with Gasteiger partial charge in [-0.3, -0.25) is 4.68 Å². The molecule has 0 aliphatic heterocycles. The molecule has 0 saturated heterocycles. The number of aryl methyl sites for hydroxylation is 1. The van der Waals surface area contributed by atoms with Crippen LogP contribution in [-0.4, -0.2) is 16.3 Å². The van der Waals surface area contributed by atoms with Crippen molar-refractivity contribution >= 4 is 0 Å². The van der Waals surface area contributed by atoms with E-state index in [1.807, 2.05) is 17.8 Å². The molecule has 2 aromatic heterocycles. The maximum atomic E-state index is 5.73. The van der Waals surface area contributed by atoms with E-state index in [2.05, 4.69) is 37.3 Å². The molecule has 0 fully saturated rings. The maximum Gasteiger partial charge on any atom is 0.157 e. The van der Waals surface area contributed by atoms with E-state index in [4.69, 9.17) is 9.15 Å². The third-order valence-corrected chi connectivity index (χ3v) is 3.30. The van der Waals surface area contributed by atoms with Crippen LogP contribution >= 0.6 is 0 Å². The minimum Gasteiger partial charge on any atom is -0.482 e. The second-order valence-corrected chi connectivity index (χ2v) is 5.51. The number of ether oxygens (including phenoxy) is 1. The van der Waals surface area contributed by atoms with Crippen LogP contribution in [0.25, 0.3) is 0 Å². The predicted octanol–water partition coefficient (Wildman–Crippen LogP) is 3.44. The van der Waals surface area contributed by atoms with Crippen LogP contribution in [0.1, 0.15) is 50.3 Å². The average Bonchev–Trinajstić information content (AvgIpc) is 3.04. The van der Waals surface area contributed by atoms with Gasteiger partial charge in [0.1, 0.15) is 18.1 Å². The lowest BCUT2D eigenvalue weighted by molar-refractivity contribution is 0.267. The highest BCUT2D eigenvalue weighted by Crippen LogP contribution is 2.18. The summed E-state index contributed by atoms with van der Waals surface area (Å²) in [5, 5.41) is 7.63. The predicted molar refractivity (Wildman–Crippen MR) is 82.4 cm³/mol. The first-order valence-electron chi connectivity index (χ1n) is 7.56. The first-order chi connectivity index (χ1) is 10.1. The van der Waals surface area contributed by atoms with Gasteiger partial charge < -0.3 is 14.5 Å². The summed E-state index contributed by atoms with van der Waals surface area (Å²) in [5.41, 5.74) is 1.19. The van der Waals surface area contributed by atoms with Crippen LogP contribution in [0, 0.1) is 6.92 Å². The molecule has 0 saturated carbocycles. The van der Waals surface area contributed by atoms with Crippen molar-refractivity contribution in [2.45, 2.75) is 53.3 Å². The van der Waals surface area contributed by atoms with Gasteiger partial charge in [0, 0.05) is 18.2 Å². The van der Waals surface area contributed by atoms with Crippen LogP contribution in [0.4, 0.5) is 0 Å². The minimum atomic E-state index is 0.337. The molecule has 0 unspecified atom stereocenters. The number of rotatable bonds is 8. The standard InChI is InChI=1S/C16H25N3O2/c1-5-6-17-8-14-7-15(21-13(14)4)11-20-16-9-18-19(10-16)12(2)3/h7,9-10,12,17H,5-6,8,11H2,1-4H3. The Hall–Kier alpha value is -1.75. The van der Waals surface area contributed by atoms with Gasteiger partial charge in [0.15, 0.2) is 5.75 Å². The van der Waals surface area contributed by atoms with Gasteiger partial charge in [-0.2, -0.15) is 5.10 Å². The van der Waals surface area contributed by atoms with Crippen LogP contribution in [0.5, 0.6) is 5.75 Å². The Kier molecular flexibility index (Phi) is 5.44. The molecule has 0 spiro atoms. The second kappa shape index (κ2) is 7.31. The molecule has 5 nitrogen and oxygen atoms in total. The van der Waals surface area contributed by atoms with Crippen molar-refractivity contribution in [3.05, 3.63) is 35.5 Å². The molecule has 0 amide bonds. The van der Waals surface area contributed by atoms with E-state index in [1.165, 1.54) is 5.56 Å². The van der Waals surface area contributed by atoms with Crippen LogP contribution in [-0.2, 0) is 13.2 Å². The smallest absolute Gasteiger partial charge is 0.157 e. The van der Waals surface area contributed by atoms with Crippen molar-refractivity contribution in [1.29, 1.82) is 0 Å². The number of hydrogen-bond acceptors (Lipinski definition) is 4. The van der Waals surface area contributed by atoms with E-state index in [9.17, 15) is 0 Å². The Balaban J connectivity index is 1.89. The van der Waals surface area contributed by atoms with Gasteiger partial charge >= 0.3 is 0 Å². The molecule has 0 atom stereocenters. The molecular formula is C16H25N3O2. The van der Waals surface area contributed by atoms with E-state index in [0.29, 0.717) is 12.6 Å². The number of hydrogen-bond donors (Lipinski definition) is 1. The molecule has 0 radical (unpaired) electrons. The van der Waals surface area contributed by atoms with Crippen LogP contribution in [0.15, 0.2) is 22.9 Å². The third kappa shape index (κ3) is 4.36. The quantitative estimate of drug-likeness (QED) is 0.757. The molecule has 21 heavy (non-hydrogen) atoms. The highest BCUT2D eigenvalue weighted by Gasteiger charge is 2.09. The molecule has 5 heteroatoms. The van der Waals surface area contributed by atoms with E-state index in [-0.39, 0.29) is 0 Å². The zero-order valence-electron chi connectivity index (χ0n) is 13.3. The molecule has 2 aromatic rings. The number of furan rings is 1. The maximum absolute atomic E-state index is 5.73. The minimum absolute atomic E-state index is 0.337. The summed E-state index contributed by atoms with van der Waals surface area (Å²) in [6, 6.07) is 2.40. The Morgan fingerprint density at radius 2 is 2.24 bits per heavy atom. The van der Waals surface area contributed by atoms with Gasteiger partial charge in [-0.1, -0.05) is 6.92 Å². The molecule has 0 aliphatic rings. The highest BCUT2D eigenvalue weighted by atomic mass is 16.5. The van der Waals surface area contributed by atoms with Crippen molar-refractivity contribution in [2.24, 2.45) is 0 Å². The zero-order valence-corrected chi connectivity index (χ0v) is 13.3. The summed E-state index contributed by atoms with van der Waals surface area (Å²) in [7, 11) is 0. The highest BCUT2D eigenvalue weighted by molar-refractivity contribution is 5.21. The Morgan fingerprint density at radius 3 is 2.90 bits per heavy atom. The molecule has 2 heterocycles. The molecule has 0 aromatic carbocycles. The Labute approximate surface area is 126 Å². The zero-order chi connectivity index (χ0) is 15.2. The molecular weight excluding hydrogens is 266 g/mol. The van der Waals surface area contributed by atoms with Crippen LogP contribution < -0.4 is 10.1 Å². The molecule has 1 N–H and O–H groups in total. The van der Waals surface area contributed by atoms with Gasteiger partial charge in [0.2, 0.25) is 0 Å². The van der Waals surface area contributed by atoms with Crippen LogP contribution in [0.2, 0.25) is 0 Å². The lowest BCUT2D eigenvalue weighted by atomic mass is 10.2. The fourth-order valence-corrected chi connectivity index (χ4v) is 2.07.